The summed E-state index contributed by atoms with van der Waals surface area (Å²) in [6, 6.07) is 5.57. The van der Waals surface area contributed by atoms with Crippen molar-refractivity contribution in [3.05, 3.63) is 51.8 Å². The normalized spacial score (nSPS) is 22.0. The van der Waals surface area contributed by atoms with Gasteiger partial charge in [0.2, 0.25) is 5.76 Å². The molecule has 0 saturated carbocycles. The van der Waals surface area contributed by atoms with E-state index in [1.54, 1.807) is 13.8 Å². The molecular weight excluding hydrogens is 346 g/mol. The Kier molecular flexibility index (Phi) is 5.93. The maximum atomic E-state index is 12.1. The fourth-order valence-electron chi connectivity index (χ4n) is 2.54. The summed E-state index contributed by atoms with van der Waals surface area (Å²) in [5.74, 6) is -5.15. The van der Waals surface area contributed by atoms with Gasteiger partial charge >= 0.3 is 17.7 Å². The summed E-state index contributed by atoms with van der Waals surface area (Å²) in [4.78, 5) is 34.4. The molecule has 1 N–H and O–H groups in total. The Morgan fingerprint density at radius 2 is 1.88 bits per heavy atom. The highest BCUT2D eigenvalue weighted by molar-refractivity contribution is 5.88. The van der Waals surface area contributed by atoms with Crippen LogP contribution >= 0.6 is 0 Å². The van der Waals surface area contributed by atoms with Gasteiger partial charge in [-0.1, -0.05) is 12.1 Å². The Bertz CT molecular complexity index is 727. The Hall–Kier alpha value is -2.94. The summed E-state index contributed by atoms with van der Waals surface area (Å²) >= 11 is 0. The fraction of sp³-hybridized carbons (Fsp3) is 0.412. The van der Waals surface area contributed by atoms with Crippen molar-refractivity contribution < 1.29 is 33.8 Å². The number of aliphatic hydroxyl groups is 1. The average molecular weight is 365 g/mol. The first kappa shape index (κ1) is 19.4. The van der Waals surface area contributed by atoms with E-state index in [1.165, 1.54) is 30.3 Å². The van der Waals surface area contributed by atoms with Crippen molar-refractivity contribution >= 4 is 17.6 Å². The van der Waals surface area contributed by atoms with E-state index in [9.17, 15) is 24.8 Å². The molecule has 0 spiro atoms. The van der Waals surface area contributed by atoms with Crippen LogP contribution in [0, 0.1) is 10.1 Å². The van der Waals surface area contributed by atoms with Crippen LogP contribution in [0.2, 0.25) is 0 Å². The molecule has 2 unspecified atom stereocenters. The first-order chi connectivity index (χ1) is 12.3. The van der Waals surface area contributed by atoms with Gasteiger partial charge in [0.15, 0.2) is 0 Å². The molecule has 1 aliphatic rings. The molecule has 0 saturated heterocycles. The number of allylic oxidation sites excluding steroid dienone is 1. The molecule has 2 rings (SSSR count). The SMILES string of the molecule is CCOC(=O)C1=CC(c2ccc([N+](=O)[O-])cc2)CC(O)(C(=O)OCC)O1. The molecule has 1 aromatic carbocycles. The highest BCUT2D eigenvalue weighted by atomic mass is 16.7. The van der Waals surface area contributed by atoms with Crippen molar-refractivity contribution in [2.45, 2.75) is 32.0 Å². The van der Waals surface area contributed by atoms with Gasteiger partial charge in [-0.25, -0.2) is 9.59 Å². The third kappa shape index (κ3) is 4.17. The van der Waals surface area contributed by atoms with E-state index in [0.29, 0.717) is 5.56 Å². The number of nitro benzene ring substituents is 1. The van der Waals surface area contributed by atoms with Crippen LogP contribution in [0.5, 0.6) is 0 Å². The predicted molar refractivity (Wildman–Crippen MR) is 87.8 cm³/mol. The van der Waals surface area contributed by atoms with Gasteiger partial charge in [0.25, 0.3) is 5.69 Å². The maximum Gasteiger partial charge on any atom is 0.379 e. The van der Waals surface area contributed by atoms with Crippen LogP contribution in [0.3, 0.4) is 0 Å². The van der Waals surface area contributed by atoms with Gasteiger partial charge in [-0.05, 0) is 25.5 Å². The monoisotopic (exact) mass is 365 g/mol. The number of hydrogen-bond donors (Lipinski definition) is 1. The molecule has 1 heterocycles. The van der Waals surface area contributed by atoms with E-state index in [2.05, 4.69) is 0 Å². The lowest BCUT2D eigenvalue weighted by Gasteiger charge is -2.33. The largest absolute Gasteiger partial charge is 0.461 e. The van der Waals surface area contributed by atoms with Crippen LogP contribution in [-0.4, -0.2) is 41.0 Å². The molecule has 26 heavy (non-hydrogen) atoms. The summed E-state index contributed by atoms with van der Waals surface area (Å²) < 4.78 is 14.9. The number of rotatable bonds is 6. The van der Waals surface area contributed by atoms with Crippen molar-refractivity contribution in [2.24, 2.45) is 0 Å². The maximum absolute atomic E-state index is 12.1. The van der Waals surface area contributed by atoms with Crippen LogP contribution in [0.15, 0.2) is 36.1 Å². The van der Waals surface area contributed by atoms with Gasteiger partial charge < -0.3 is 19.3 Å². The second-order valence-electron chi connectivity index (χ2n) is 5.52. The first-order valence-corrected chi connectivity index (χ1v) is 8.02. The van der Waals surface area contributed by atoms with E-state index in [4.69, 9.17) is 14.2 Å². The van der Waals surface area contributed by atoms with Crippen LogP contribution in [-0.2, 0) is 23.8 Å². The number of non-ortho nitro benzene ring substituents is 1. The van der Waals surface area contributed by atoms with Gasteiger partial charge in [-0.15, -0.1) is 0 Å². The second-order valence-corrected chi connectivity index (χ2v) is 5.52. The zero-order chi connectivity index (χ0) is 19.3. The zero-order valence-corrected chi connectivity index (χ0v) is 14.3. The van der Waals surface area contributed by atoms with Crippen molar-refractivity contribution in [3.8, 4) is 0 Å². The van der Waals surface area contributed by atoms with Crippen LogP contribution in [0.25, 0.3) is 0 Å². The van der Waals surface area contributed by atoms with Crippen molar-refractivity contribution in [2.75, 3.05) is 13.2 Å². The molecule has 0 amide bonds. The number of hydrogen-bond acceptors (Lipinski definition) is 8. The minimum Gasteiger partial charge on any atom is -0.461 e. The molecule has 2 atom stereocenters. The minimum absolute atomic E-state index is 0.0190. The zero-order valence-electron chi connectivity index (χ0n) is 14.3. The summed E-state index contributed by atoms with van der Waals surface area (Å²) in [6.45, 7) is 3.28. The minimum atomic E-state index is -2.36. The lowest BCUT2D eigenvalue weighted by molar-refractivity contribution is -0.384. The van der Waals surface area contributed by atoms with Crippen LogP contribution in [0.1, 0.15) is 31.7 Å². The van der Waals surface area contributed by atoms with Gasteiger partial charge in [-0.2, -0.15) is 0 Å². The predicted octanol–water partition coefficient (Wildman–Crippen LogP) is 1.80. The van der Waals surface area contributed by atoms with E-state index in [0.717, 1.165) is 0 Å². The van der Waals surface area contributed by atoms with Crippen LogP contribution in [0.4, 0.5) is 5.69 Å². The number of nitro groups is 1. The summed E-state index contributed by atoms with van der Waals surface area (Å²) in [7, 11) is 0. The van der Waals surface area contributed by atoms with Crippen LogP contribution < -0.4 is 0 Å². The Balaban J connectivity index is 2.38. The summed E-state index contributed by atoms with van der Waals surface area (Å²) in [5.41, 5.74) is 0.458. The lowest BCUT2D eigenvalue weighted by atomic mass is 9.88. The number of ether oxygens (including phenoxy) is 3. The van der Waals surface area contributed by atoms with Gasteiger partial charge in [0.05, 0.1) is 18.1 Å². The fourth-order valence-corrected chi connectivity index (χ4v) is 2.54. The highest BCUT2D eigenvalue weighted by Gasteiger charge is 2.47. The van der Waals surface area contributed by atoms with Gasteiger partial charge in [-0.3, -0.25) is 10.1 Å². The molecule has 0 bridgehead atoms. The smallest absolute Gasteiger partial charge is 0.379 e. The Labute approximate surface area is 149 Å². The molecule has 0 fully saturated rings. The number of carbonyl (C=O) groups is 2. The van der Waals surface area contributed by atoms with Crippen molar-refractivity contribution in [1.29, 1.82) is 0 Å². The third-order valence-corrected chi connectivity index (χ3v) is 3.73. The number of esters is 2. The van der Waals surface area contributed by atoms with E-state index in [-0.39, 0.29) is 31.1 Å². The second kappa shape index (κ2) is 7.96. The highest BCUT2D eigenvalue weighted by Crippen LogP contribution is 2.37. The molecule has 9 nitrogen and oxygen atoms in total. The Morgan fingerprint density at radius 3 is 2.42 bits per heavy atom. The average Bonchev–Trinajstić information content (AvgIpc) is 2.61. The molecule has 0 radical (unpaired) electrons. The van der Waals surface area contributed by atoms with E-state index in [1.807, 2.05) is 0 Å². The van der Waals surface area contributed by atoms with E-state index >= 15 is 0 Å². The topological polar surface area (TPSA) is 125 Å². The third-order valence-electron chi connectivity index (χ3n) is 3.73. The molecular formula is C17H19NO8. The molecule has 0 aliphatic carbocycles. The van der Waals surface area contributed by atoms with Gasteiger partial charge in [0.1, 0.15) is 0 Å². The molecule has 9 heteroatoms. The quantitative estimate of drug-likeness (QED) is 0.459. The van der Waals surface area contributed by atoms with Gasteiger partial charge in [0, 0.05) is 24.5 Å². The first-order valence-electron chi connectivity index (χ1n) is 8.02. The Morgan fingerprint density at radius 1 is 1.27 bits per heavy atom. The number of nitrogens with zero attached hydrogens (tertiary/aromatic N) is 1. The lowest BCUT2D eigenvalue weighted by Crippen LogP contribution is -2.46. The summed E-state index contributed by atoms with van der Waals surface area (Å²) in [6.07, 6.45) is 1.19. The van der Waals surface area contributed by atoms with Crippen molar-refractivity contribution in [3.63, 3.8) is 0 Å². The number of benzene rings is 1. The standard InChI is InChI=1S/C17H19NO8/c1-3-24-15(19)14-9-12(10-17(21,26-14)16(20)25-4-2)11-5-7-13(8-6-11)18(22)23/h5-9,12,21H,3-4,10H2,1-2H3. The molecule has 140 valence electrons. The summed E-state index contributed by atoms with van der Waals surface area (Å²) in [5, 5.41) is 21.4. The number of carbonyl (C=O) groups excluding carboxylic acids is 2. The molecule has 1 aromatic rings. The molecule has 0 aromatic heterocycles. The molecule has 1 aliphatic heterocycles. The van der Waals surface area contributed by atoms with E-state index < -0.39 is 28.6 Å². The van der Waals surface area contributed by atoms with Crippen molar-refractivity contribution in [1.82, 2.24) is 0 Å².